The lowest BCUT2D eigenvalue weighted by molar-refractivity contribution is -0.145. The first-order valence-corrected chi connectivity index (χ1v) is 9.07. The summed E-state index contributed by atoms with van der Waals surface area (Å²) in [6.07, 6.45) is 0.484. The summed E-state index contributed by atoms with van der Waals surface area (Å²) < 4.78 is 13.1. The molecule has 1 aliphatic heterocycles. The fraction of sp³-hybridized carbons (Fsp3) is 0.368. The molecule has 2 unspecified atom stereocenters. The highest BCUT2D eigenvalue weighted by Crippen LogP contribution is 2.33. The number of hydrogen-bond acceptors (Lipinski definition) is 3. The first-order valence-electron chi connectivity index (χ1n) is 8.25. The lowest BCUT2D eigenvalue weighted by Gasteiger charge is -2.34. The number of hydrogen-bond donors (Lipinski definition) is 1. The van der Waals surface area contributed by atoms with Gasteiger partial charge in [-0.1, -0.05) is 19.1 Å². The van der Waals surface area contributed by atoms with Gasteiger partial charge in [-0.3, -0.25) is 9.59 Å². The Balaban J connectivity index is 1.79. The second kappa shape index (κ2) is 6.96. The molecule has 0 aliphatic carbocycles. The molecule has 1 aromatic heterocycles. The number of benzene rings is 1. The van der Waals surface area contributed by atoms with E-state index in [1.54, 1.807) is 17.0 Å². The van der Waals surface area contributed by atoms with E-state index in [4.69, 9.17) is 0 Å². The molecule has 2 heterocycles. The number of carbonyl (C=O) groups excluding carboxylic acids is 1. The molecule has 6 heteroatoms. The zero-order valence-electron chi connectivity index (χ0n) is 14.2. The van der Waals surface area contributed by atoms with E-state index in [0.717, 1.165) is 16.0 Å². The monoisotopic (exact) mass is 361 g/mol. The van der Waals surface area contributed by atoms with E-state index < -0.39 is 5.97 Å². The van der Waals surface area contributed by atoms with Crippen LogP contribution in [0.1, 0.15) is 27.9 Å². The maximum absolute atomic E-state index is 13.1. The molecule has 2 aromatic rings. The van der Waals surface area contributed by atoms with Gasteiger partial charge in [-0.05, 0) is 48.6 Å². The van der Waals surface area contributed by atoms with Crippen LogP contribution in [-0.2, 0) is 4.79 Å². The topological polar surface area (TPSA) is 57.6 Å². The third-order valence-corrected chi connectivity index (χ3v) is 5.83. The fourth-order valence-electron chi connectivity index (χ4n) is 3.36. The number of halogens is 1. The highest BCUT2D eigenvalue weighted by Gasteiger charge is 2.33. The Labute approximate surface area is 149 Å². The summed E-state index contributed by atoms with van der Waals surface area (Å²) in [5, 5.41) is 9.21. The van der Waals surface area contributed by atoms with E-state index in [1.807, 2.05) is 19.9 Å². The Morgan fingerprint density at radius 3 is 2.56 bits per heavy atom. The molecule has 2 atom stereocenters. The highest BCUT2D eigenvalue weighted by molar-refractivity contribution is 7.14. The number of carboxylic acids is 1. The smallest absolute Gasteiger partial charge is 0.306 e. The van der Waals surface area contributed by atoms with Crippen LogP contribution in [0.3, 0.4) is 0 Å². The molecule has 132 valence electrons. The standard InChI is InChI=1S/C19H20FNO3S/c1-11-10-21(8-7-15(11)19(23)24)18(22)17-9-16(12(2)25-17)13-3-5-14(20)6-4-13/h3-6,9,11,15H,7-8,10H2,1-2H3,(H,23,24). The Morgan fingerprint density at radius 2 is 1.96 bits per heavy atom. The van der Waals surface area contributed by atoms with Crippen molar-refractivity contribution >= 4 is 23.2 Å². The minimum absolute atomic E-state index is 0.0582. The van der Waals surface area contributed by atoms with Gasteiger partial charge in [0.2, 0.25) is 0 Å². The van der Waals surface area contributed by atoms with Crippen molar-refractivity contribution in [2.45, 2.75) is 20.3 Å². The van der Waals surface area contributed by atoms with Crippen molar-refractivity contribution in [1.82, 2.24) is 4.90 Å². The zero-order valence-corrected chi connectivity index (χ0v) is 15.0. The maximum atomic E-state index is 13.1. The van der Waals surface area contributed by atoms with Gasteiger partial charge in [0.05, 0.1) is 10.8 Å². The Kier molecular flexibility index (Phi) is 4.90. The molecule has 1 aliphatic rings. The van der Waals surface area contributed by atoms with Gasteiger partial charge in [0.15, 0.2) is 0 Å². The van der Waals surface area contributed by atoms with Crippen molar-refractivity contribution in [3.63, 3.8) is 0 Å². The summed E-state index contributed by atoms with van der Waals surface area (Å²) in [5.74, 6) is -1.58. The predicted octanol–water partition coefficient (Wildman–Crippen LogP) is 4.05. The molecule has 0 spiro atoms. The number of rotatable bonds is 3. The van der Waals surface area contributed by atoms with Crippen molar-refractivity contribution < 1.29 is 19.1 Å². The maximum Gasteiger partial charge on any atom is 0.306 e. The van der Waals surface area contributed by atoms with Gasteiger partial charge in [-0.2, -0.15) is 0 Å². The first kappa shape index (κ1) is 17.6. The number of piperidine rings is 1. The Bertz CT molecular complexity index is 800. The van der Waals surface area contributed by atoms with Crippen molar-refractivity contribution in [2.75, 3.05) is 13.1 Å². The second-order valence-electron chi connectivity index (χ2n) is 6.55. The number of thiophene rings is 1. The molecule has 0 saturated carbocycles. The lowest BCUT2D eigenvalue weighted by Crippen LogP contribution is -2.44. The minimum atomic E-state index is -0.787. The van der Waals surface area contributed by atoms with Crippen LogP contribution in [0.5, 0.6) is 0 Å². The van der Waals surface area contributed by atoms with Crippen molar-refractivity contribution in [3.05, 3.63) is 45.9 Å². The van der Waals surface area contributed by atoms with Crippen LogP contribution in [0.2, 0.25) is 0 Å². The molecule has 4 nitrogen and oxygen atoms in total. The van der Waals surface area contributed by atoms with E-state index in [0.29, 0.717) is 24.4 Å². The van der Waals surface area contributed by atoms with Gasteiger partial charge < -0.3 is 10.0 Å². The summed E-state index contributed by atoms with van der Waals surface area (Å²) in [6.45, 7) is 4.74. The average Bonchev–Trinajstić information content (AvgIpc) is 2.96. The molecule has 1 N–H and O–H groups in total. The molecule has 1 fully saturated rings. The lowest BCUT2D eigenvalue weighted by atomic mass is 9.87. The zero-order chi connectivity index (χ0) is 18.1. The Morgan fingerprint density at radius 1 is 1.28 bits per heavy atom. The number of carboxylic acid groups (broad SMARTS) is 1. The number of amides is 1. The summed E-state index contributed by atoms with van der Waals surface area (Å²) in [4.78, 5) is 27.4. The second-order valence-corrected chi connectivity index (χ2v) is 7.81. The first-order chi connectivity index (χ1) is 11.9. The summed E-state index contributed by atoms with van der Waals surface area (Å²) in [6, 6.07) is 8.08. The molecule has 1 aromatic carbocycles. The Hall–Kier alpha value is -2.21. The van der Waals surface area contributed by atoms with Gasteiger partial charge >= 0.3 is 5.97 Å². The van der Waals surface area contributed by atoms with E-state index in [-0.39, 0.29) is 23.6 Å². The van der Waals surface area contributed by atoms with Crippen LogP contribution in [0.15, 0.2) is 30.3 Å². The molecule has 3 rings (SSSR count). The highest BCUT2D eigenvalue weighted by atomic mass is 32.1. The number of aliphatic carboxylic acids is 1. The number of likely N-dealkylation sites (tertiary alicyclic amines) is 1. The summed E-state index contributed by atoms with van der Waals surface area (Å²) in [5.41, 5.74) is 1.81. The van der Waals surface area contributed by atoms with E-state index >= 15 is 0 Å². The third kappa shape index (κ3) is 3.58. The quantitative estimate of drug-likeness (QED) is 0.897. The largest absolute Gasteiger partial charge is 0.481 e. The van der Waals surface area contributed by atoms with Crippen LogP contribution in [-0.4, -0.2) is 35.0 Å². The molecule has 1 saturated heterocycles. The molecule has 0 bridgehead atoms. The van der Waals surface area contributed by atoms with E-state index in [9.17, 15) is 19.1 Å². The van der Waals surface area contributed by atoms with Gasteiger partial charge in [0, 0.05) is 18.0 Å². The van der Waals surface area contributed by atoms with Crippen molar-refractivity contribution in [2.24, 2.45) is 11.8 Å². The van der Waals surface area contributed by atoms with E-state index in [2.05, 4.69) is 0 Å². The van der Waals surface area contributed by atoms with Crippen molar-refractivity contribution in [3.8, 4) is 11.1 Å². The molecule has 1 amide bonds. The SMILES string of the molecule is Cc1sc(C(=O)N2CCC(C(=O)O)C(C)C2)cc1-c1ccc(F)cc1. The van der Waals surface area contributed by atoms with E-state index in [1.165, 1.54) is 23.5 Å². The van der Waals surface area contributed by atoms with Gasteiger partial charge in [0.25, 0.3) is 5.91 Å². The normalized spacial score (nSPS) is 20.5. The number of carbonyl (C=O) groups is 2. The molecular formula is C19H20FNO3S. The molecule has 0 radical (unpaired) electrons. The van der Waals surface area contributed by atoms with Crippen LogP contribution in [0, 0.1) is 24.6 Å². The van der Waals surface area contributed by atoms with Gasteiger partial charge in [0.1, 0.15) is 5.82 Å². The van der Waals surface area contributed by atoms with Gasteiger partial charge in [-0.25, -0.2) is 4.39 Å². The van der Waals surface area contributed by atoms with Gasteiger partial charge in [-0.15, -0.1) is 11.3 Å². The predicted molar refractivity (Wildman–Crippen MR) is 95.3 cm³/mol. The number of aryl methyl sites for hydroxylation is 1. The summed E-state index contributed by atoms with van der Waals surface area (Å²) in [7, 11) is 0. The molecule has 25 heavy (non-hydrogen) atoms. The number of nitrogens with zero attached hydrogens (tertiary/aromatic N) is 1. The minimum Gasteiger partial charge on any atom is -0.481 e. The third-order valence-electron chi connectivity index (χ3n) is 4.79. The summed E-state index contributed by atoms with van der Waals surface area (Å²) >= 11 is 1.42. The molecular weight excluding hydrogens is 341 g/mol. The van der Waals surface area contributed by atoms with Crippen LogP contribution >= 0.6 is 11.3 Å². The van der Waals surface area contributed by atoms with Crippen molar-refractivity contribution in [1.29, 1.82) is 0 Å². The fourth-order valence-corrected chi connectivity index (χ4v) is 4.37. The average molecular weight is 361 g/mol. The van der Waals surface area contributed by atoms with Crippen LogP contribution in [0.4, 0.5) is 4.39 Å². The van der Waals surface area contributed by atoms with Crippen LogP contribution in [0.25, 0.3) is 11.1 Å². The van der Waals surface area contributed by atoms with Crippen LogP contribution < -0.4 is 0 Å².